The van der Waals surface area contributed by atoms with E-state index < -0.39 is 0 Å². The maximum absolute atomic E-state index is 4.19. The molecule has 0 saturated carbocycles. The number of tetrazole rings is 1. The first kappa shape index (κ1) is 7.85. The monoisotopic (exact) mass is 175 g/mol. The van der Waals surface area contributed by atoms with Gasteiger partial charge in [-0.2, -0.15) is 5.21 Å². The van der Waals surface area contributed by atoms with Gasteiger partial charge in [0.1, 0.15) is 0 Å². The molecule has 2 aromatic rings. The van der Waals surface area contributed by atoms with Crippen LogP contribution in [0.25, 0.3) is 0 Å². The Kier molecular flexibility index (Phi) is 2.26. The fourth-order valence-corrected chi connectivity index (χ4v) is 1.07. The summed E-state index contributed by atoms with van der Waals surface area (Å²) in [6.45, 7) is 0. The normalized spacial score (nSPS) is 10.2. The SMILES string of the molecule is c1ccc(CCc2nn[nH]n2)nc1. The summed E-state index contributed by atoms with van der Waals surface area (Å²) in [4.78, 5) is 4.19. The number of pyridine rings is 1. The molecule has 0 aromatic carbocycles. The van der Waals surface area contributed by atoms with Crippen molar-refractivity contribution in [2.75, 3.05) is 0 Å². The minimum atomic E-state index is 0.727. The fraction of sp³-hybridized carbons (Fsp3) is 0.250. The van der Waals surface area contributed by atoms with Crippen molar-refractivity contribution in [2.45, 2.75) is 12.8 Å². The third kappa shape index (κ3) is 2.08. The topological polar surface area (TPSA) is 67.3 Å². The molecule has 5 nitrogen and oxygen atoms in total. The Balaban J connectivity index is 1.94. The van der Waals surface area contributed by atoms with Crippen LogP contribution in [0, 0.1) is 0 Å². The molecule has 0 amide bonds. The second-order valence-electron chi connectivity index (χ2n) is 2.65. The molecule has 0 radical (unpaired) electrons. The number of H-pyrrole nitrogens is 1. The predicted molar refractivity (Wildman–Crippen MR) is 45.8 cm³/mol. The number of nitrogens with one attached hydrogen (secondary N) is 1. The van der Waals surface area contributed by atoms with Crippen molar-refractivity contribution >= 4 is 0 Å². The Labute approximate surface area is 75.2 Å². The molecule has 0 atom stereocenters. The largest absolute Gasteiger partial charge is 0.261 e. The van der Waals surface area contributed by atoms with Gasteiger partial charge in [-0.1, -0.05) is 11.3 Å². The van der Waals surface area contributed by atoms with Crippen LogP contribution in [-0.2, 0) is 12.8 Å². The summed E-state index contributed by atoms with van der Waals surface area (Å²) in [6, 6.07) is 5.86. The molecule has 2 rings (SSSR count). The molecule has 0 aliphatic carbocycles. The van der Waals surface area contributed by atoms with Crippen molar-refractivity contribution in [2.24, 2.45) is 0 Å². The number of aromatic nitrogens is 5. The number of aryl methyl sites for hydroxylation is 2. The highest BCUT2D eigenvalue weighted by Crippen LogP contribution is 1.98. The van der Waals surface area contributed by atoms with E-state index in [-0.39, 0.29) is 0 Å². The van der Waals surface area contributed by atoms with E-state index >= 15 is 0 Å². The maximum atomic E-state index is 4.19. The highest BCUT2D eigenvalue weighted by Gasteiger charge is 1.99. The van der Waals surface area contributed by atoms with Crippen LogP contribution in [0.1, 0.15) is 11.5 Å². The van der Waals surface area contributed by atoms with E-state index in [9.17, 15) is 0 Å². The Bertz CT molecular complexity index is 342. The second-order valence-corrected chi connectivity index (χ2v) is 2.65. The molecular formula is C8H9N5. The molecule has 0 aliphatic rings. The molecule has 0 saturated heterocycles. The number of hydrogen-bond donors (Lipinski definition) is 1. The number of rotatable bonds is 3. The van der Waals surface area contributed by atoms with E-state index in [0.29, 0.717) is 0 Å². The summed E-state index contributed by atoms with van der Waals surface area (Å²) in [5.74, 6) is 0.727. The van der Waals surface area contributed by atoms with Crippen LogP contribution >= 0.6 is 0 Å². The first-order chi connectivity index (χ1) is 6.45. The summed E-state index contributed by atoms with van der Waals surface area (Å²) in [5.41, 5.74) is 1.05. The quantitative estimate of drug-likeness (QED) is 0.732. The van der Waals surface area contributed by atoms with Gasteiger partial charge in [0.2, 0.25) is 0 Å². The molecule has 2 heterocycles. The molecule has 66 valence electrons. The van der Waals surface area contributed by atoms with Gasteiger partial charge in [0.25, 0.3) is 0 Å². The minimum Gasteiger partial charge on any atom is -0.261 e. The van der Waals surface area contributed by atoms with Crippen LogP contribution in [-0.4, -0.2) is 25.6 Å². The smallest absolute Gasteiger partial charge is 0.174 e. The molecule has 0 bridgehead atoms. The second kappa shape index (κ2) is 3.75. The van der Waals surface area contributed by atoms with E-state index in [1.54, 1.807) is 6.20 Å². The van der Waals surface area contributed by atoms with E-state index in [1.807, 2.05) is 18.2 Å². The standard InChI is InChI=1S/C8H9N5/c1-2-6-9-7(3-1)4-5-8-10-12-13-11-8/h1-3,6H,4-5H2,(H,10,11,12,13). The van der Waals surface area contributed by atoms with Crippen molar-refractivity contribution in [3.05, 3.63) is 35.9 Å². The van der Waals surface area contributed by atoms with E-state index in [4.69, 9.17) is 0 Å². The van der Waals surface area contributed by atoms with Gasteiger partial charge in [0, 0.05) is 18.3 Å². The molecule has 0 fully saturated rings. The summed E-state index contributed by atoms with van der Waals surface area (Å²) in [6.07, 6.45) is 3.40. The van der Waals surface area contributed by atoms with Crippen molar-refractivity contribution in [1.29, 1.82) is 0 Å². The number of aromatic amines is 1. The van der Waals surface area contributed by atoms with Crippen molar-refractivity contribution in [1.82, 2.24) is 25.6 Å². The lowest BCUT2D eigenvalue weighted by Gasteiger charge is -1.94. The average Bonchev–Trinajstić information content (AvgIpc) is 2.69. The van der Waals surface area contributed by atoms with E-state index in [2.05, 4.69) is 25.6 Å². The highest BCUT2D eigenvalue weighted by molar-refractivity contribution is 5.04. The molecule has 2 aromatic heterocycles. The van der Waals surface area contributed by atoms with Gasteiger partial charge in [-0.05, 0) is 18.6 Å². The zero-order valence-electron chi connectivity index (χ0n) is 7.01. The fourth-order valence-electron chi connectivity index (χ4n) is 1.07. The molecule has 0 spiro atoms. The van der Waals surface area contributed by atoms with Crippen LogP contribution in [0.5, 0.6) is 0 Å². The van der Waals surface area contributed by atoms with Crippen molar-refractivity contribution < 1.29 is 0 Å². The first-order valence-corrected chi connectivity index (χ1v) is 4.07. The predicted octanol–water partition coefficient (Wildman–Crippen LogP) is 0.380. The zero-order valence-corrected chi connectivity index (χ0v) is 7.01. The Morgan fingerprint density at radius 3 is 2.92 bits per heavy atom. The van der Waals surface area contributed by atoms with E-state index in [1.165, 1.54) is 0 Å². The van der Waals surface area contributed by atoms with Gasteiger partial charge in [0.05, 0.1) is 0 Å². The third-order valence-electron chi connectivity index (χ3n) is 1.72. The molecular weight excluding hydrogens is 166 g/mol. The van der Waals surface area contributed by atoms with Crippen LogP contribution in [0.2, 0.25) is 0 Å². The molecule has 5 heteroatoms. The maximum Gasteiger partial charge on any atom is 0.174 e. The molecule has 0 unspecified atom stereocenters. The molecule has 1 N–H and O–H groups in total. The van der Waals surface area contributed by atoms with Crippen LogP contribution < -0.4 is 0 Å². The average molecular weight is 175 g/mol. The Hall–Kier alpha value is -1.78. The zero-order chi connectivity index (χ0) is 8.93. The van der Waals surface area contributed by atoms with Crippen molar-refractivity contribution in [3.63, 3.8) is 0 Å². The Morgan fingerprint density at radius 1 is 1.23 bits per heavy atom. The first-order valence-electron chi connectivity index (χ1n) is 4.07. The third-order valence-corrected chi connectivity index (χ3v) is 1.72. The molecule has 13 heavy (non-hydrogen) atoms. The summed E-state index contributed by atoms with van der Waals surface area (Å²) in [7, 11) is 0. The van der Waals surface area contributed by atoms with Crippen LogP contribution in [0.15, 0.2) is 24.4 Å². The lowest BCUT2D eigenvalue weighted by molar-refractivity contribution is 0.841. The number of nitrogens with zero attached hydrogens (tertiary/aromatic N) is 4. The van der Waals surface area contributed by atoms with Gasteiger partial charge in [-0.25, -0.2) is 0 Å². The van der Waals surface area contributed by atoms with Crippen LogP contribution in [0.3, 0.4) is 0 Å². The Morgan fingerprint density at radius 2 is 2.23 bits per heavy atom. The summed E-state index contributed by atoms with van der Waals surface area (Å²) >= 11 is 0. The minimum absolute atomic E-state index is 0.727. The summed E-state index contributed by atoms with van der Waals surface area (Å²) < 4.78 is 0. The lowest BCUT2D eigenvalue weighted by atomic mass is 10.2. The van der Waals surface area contributed by atoms with E-state index in [0.717, 1.165) is 24.4 Å². The molecule has 0 aliphatic heterocycles. The van der Waals surface area contributed by atoms with Gasteiger partial charge in [0.15, 0.2) is 5.82 Å². The van der Waals surface area contributed by atoms with Gasteiger partial charge in [-0.15, -0.1) is 10.2 Å². The number of hydrogen-bond acceptors (Lipinski definition) is 4. The lowest BCUT2D eigenvalue weighted by Crippen LogP contribution is -1.95. The van der Waals surface area contributed by atoms with Gasteiger partial charge in [-0.3, -0.25) is 4.98 Å². The van der Waals surface area contributed by atoms with Gasteiger partial charge < -0.3 is 0 Å². The highest BCUT2D eigenvalue weighted by atomic mass is 15.5. The van der Waals surface area contributed by atoms with Gasteiger partial charge >= 0.3 is 0 Å². The summed E-state index contributed by atoms with van der Waals surface area (Å²) in [5, 5.41) is 13.6. The van der Waals surface area contributed by atoms with Crippen LogP contribution in [0.4, 0.5) is 0 Å². The van der Waals surface area contributed by atoms with Crippen molar-refractivity contribution in [3.8, 4) is 0 Å².